The highest BCUT2D eigenvalue weighted by atomic mass is 35.5. The number of benzene rings is 2. The fourth-order valence-electron chi connectivity index (χ4n) is 3.94. The molecule has 1 aromatic heterocycles. The number of furan rings is 1. The molecule has 2 aromatic carbocycles. The lowest BCUT2D eigenvalue weighted by Crippen LogP contribution is -2.46. The molecule has 0 aliphatic heterocycles. The van der Waals surface area contributed by atoms with Crippen LogP contribution in [0.3, 0.4) is 0 Å². The van der Waals surface area contributed by atoms with Crippen LogP contribution in [-0.2, 0) is 4.79 Å². The van der Waals surface area contributed by atoms with E-state index in [0.29, 0.717) is 10.6 Å². The van der Waals surface area contributed by atoms with Crippen LogP contribution < -0.4 is 10.2 Å². The zero-order valence-corrected chi connectivity index (χ0v) is 17.5. The molecule has 0 bridgehead atoms. The Morgan fingerprint density at radius 1 is 1.03 bits per heavy atom. The Hall–Kier alpha value is -3.12. The van der Waals surface area contributed by atoms with Crippen LogP contribution in [-0.4, -0.2) is 17.9 Å². The number of amides is 2. The molecule has 0 saturated heterocycles. The number of halogens is 2. The topological polar surface area (TPSA) is 62.6 Å². The van der Waals surface area contributed by atoms with Gasteiger partial charge in [-0.15, -0.1) is 0 Å². The molecule has 7 heteroatoms. The van der Waals surface area contributed by atoms with E-state index in [4.69, 9.17) is 16.0 Å². The predicted octanol–water partition coefficient (Wildman–Crippen LogP) is 5.52. The van der Waals surface area contributed by atoms with Gasteiger partial charge in [0.1, 0.15) is 11.9 Å². The molecule has 2 amide bonds. The quantitative estimate of drug-likeness (QED) is 0.549. The van der Waals surface area contributed by atoms with Gasteiger partial charge in [0.05, 0.1) is 12.0 Å². The van der Waals surface area contributed by atoms with Crippen molar-refractivity contribution >= 4 is 29.1 Å². The third-order valence-electron chi connectivity index (χ3n) is 5.46. The summed E-state index contributed by atoms with van der Waals surface area (Å²) in [6.07, 6.45) is 5.20. The van der Waals surface area contributed by atoms with Crippen LogP contribution in [0.15, 0.2) is 71.3 Å². The van der Waals surface area contributed by atoms with Crippen LogP contribution in [0.5, 0.6) is 0 Å². The molecule has 3 aromatic rings. The molecular formula is C24H22ClFN2O3. The van der Waals surface area contributed by atoms with Gasteiger partial charge in [-0.25, -0.2) is 4.39 Å². The summed E-state index contributed by atoms with van der Waals surface area (Å²) in [5, 5.41) is 3.54. The van der Waals surface area contributed by atoms with Crippen LogP contribution in [0.1, 0.15) is 47.8 Å². The Kier molecular flexibility index (Phi) is 6.37. The summed E-state index contributed by atoms with van der Waals surface area (Å²) in [5.74, 6) is -1.60. The zero-order valence-electron chi connectivity index (χ0n) is 16.8. The number of nitrogens with one attached hydrogen (secondary N) is 1. The van der Waals surface area contributed by atoms with Crippen LogP contribution in [0, 0.1) is 5.82 Å². The Balaban J connectivity index is 1.82. The van der Waals surface area contributed by atoms with E-state index in [9.17, 15) is 14.0 Å². The lowest BCUT2D eigenvalue weighted by molar-refractivity contribution is -0.123. The summed E-state index contributed by atoms with van der Waals surface area (Å²) in [6, 6.07) is 14.5. The van der Waals surface area contributed by atoms with Gasteiger partial charge in [-0.2, -0.15) is 0 Å². The Bertz CT molecular complexity index is 1050. The summed E-state index contributed by atoms with van der Waals surface area (Å²) < 4.78 is 20.2. The van der Waals surface area contributed by atoms with E-state index in [0.717, 1.165) is 30.6 Å². The number of rotatable bonds is 6. The normalized spacial score (nSPS) is 14.9. The van der Waals surface area contributed by atoms with Gasteiger partial charge in [-0.05, 0) is 54.8 Å². The van der Waals surface area contributed by atoms with Gasteiger partial charge in [0.15, 0.2) is 5.76 Å². The van der Waals surface area contributed by atoms with Crippen molar-refractivity contribution < 1.29 is 18.4 Å². The number of carbonyl (C=O) groups is 2. The number of hydrogen-bond acceptors (Lipinski definition) is 3. The fraction of sp³-hybridized carbons (Fsp3) is 0.250. The minimum absolute atomic E-state index is 0.00887. The highest BCUT2D eigenvalue weighted by Crippen LogP contribution is 2.33. The van der Waals surface area contributed by atoms with E-state index in [1.54, 1.807) is 36.4 Å². The van der Waals surface area contributed by atoms with Crippen LogP contribution >= 0.6 is 11.6 Å². The zero-order chi connectivity index (χ0) is 21.8. The summed E-state index contributed by atoms with van der Waals surface area (Å²) in [6.45, 7) is 0. The van der Waals surface area contributed by atoms with Gasteiger partial charge in [0, 0.05) is 11.1 Å². The number of nitrogens with zero attached hydrogens (tertiary/aromatic N) is 1. The van der Waals surface area contributed by atoms with Gasteiger partial charge in [0.2, 0.25) is 5.91 Å². The van der Waals surface area contributed by atoms with Gasteiger partial charge < -0.3 is 9.73 Å². The molecule has 0 spiro atoms. The molecular weight excluding hydrogens is 419 g/mol. The van der Waals surface area contributed by atoms with Crippen molar-refractivity contribution in [2.45, 2.75) is 37.8 Å². The second kappa shape index (κ2) is 9.35. The molecule has 1 fully saturated rings. The van der Waals surface area contributed by atoms with Crippen LogP contribution in [0.25, 0.3) is 0 Å². The van der Waals surface area contributed by atoms with Crippen molar-refractivity contribution in [3.63, 3.8) is 0 Å². The van der Waals surface area contributed by atoms with Crippen molar-refractivity contribution in [2.24, 2.45) is 0 Å². The van der Waals surface area contributed by atoms with Crippen LogP contribution in [0.4, 0.5) is 10.1 Å². The fourth-order valence-corrected chi connectivity index (χ4v) is 4.07. The van der Waals surface area contributed by atoms with Crippen molar-refractivity contribution in [1.29, 1.82) is 0 Å². The Labute approximate surface area is 184 Å². The van der Waals surface area contributed by atoms with Crippen molar-refractivity contribution in [3.8, 4) is 0 Å². The molecule has 1 N–H and O–H groups in total. The molecule has 1 saturated carbocycles. The largest absolute Gasteiger partial charge is 0.459 e. The molecule has 5 nitrogen and oxygen atoms in total. The van der Waals surface area contributed by atoms with Crippen molar-refractivity contribution in [2.75, 3.05) is 4.90 Å². The highest BCUT2D eigenvalue weighted by Gasteiger charge is 2.36. The third kappa shape index (κ3) is 4.64. The molecule has 1 atom stereocenters. The second-order valence-corrected chi connectivity index (χ2v) is 7.98. The van der Waals surface area contributed by atoms with E-state index < -0.39 is 17.8 Å². The Morgan fingerprint density at radius 2 is 1.74 bits per heavy atom. The maximum atomic E-state index is 14.9. The first kappa shape index (κ1) is 21.1. The van der Waals surface area contributed by atoms with E-state index in [-0.39, 0.29) is 23.4 Å². The van der Waals surface area contributed by atoms with Crippen LogP contribution in [0.2, 0.25) is 5.02 Å². The summed E-state index contributed by atoms with van der Waals surface area (Å²) >= 11 is 6.04. The highest BCUT2D eigenvalue weighted by molar-refractivity contribution is 6.30. The maximum Gasteiger partial charge on any atom is 0.295 e. The first-order valence-electron chi connectivity index (χ1n) is 10.2. The standard InChI is InChI=1S/C24H22ClFN2O3/c25-17-13-11-16(12-14-17)22(23(29)27-18-6-1-2-7-18)28(20-9-4-3-8-19(20)26)24(30)21-10-5-15-31-21/h3-5,8-15,18,22H,1-2,6-7H2,(H,27,29)/t22-/m0/s1. The third-order valence-corrected chi connectivity index (χ3v) is 5.71. The number of anilines is 1. The van der Waals surface area contributed by atoms with Crippen molar-refractivity contribution in [3.05, 3.63) is 89.1 Å². The number of para-hydroxylation sites is 1. The molecule has 0 radical (unpaired) electrons. The molecule has 4 rings (SSSR count). The van der Waals surface area contributed by atoms with E-state index in [1.807, 2.05) is 0 Å². The van der Waals surface area contributed by atoms with E-state index >= 15 is 0 Å². The van der Waals surface area contributed by atoms with Crippen molar-refractivity contribution in [1.82, 2.24) is 5.32 Å². The van der Waals surface area contributed by atoms with Gasteiger partial charge >= 0.3 is 0 Å². The lowest BCUT2D eigenvalue weighted by atomic mass is 10.0. The predicted molar refractivity (Wildman–Crippen MR) is 117 cm³/mol. The molecule has 1 aliphatic carbocycles. The maximum absolute atomic E-state index is 14.9. The molecule has 31 heavy (non-hydrogen) atoms. The summed E-state index contributed by atoms with van der Waals surface area (Å²) in [4.78, 5) is 28.1. The molecule has 160 valence electrons. The number of carbonyl (C=O) groups excluding carboxylic acids is 2. The lowest BCUT2D eigenvalue weighted by Gasteiger charge is -2.32. The molecule has 0 unspecified atom stereocenters. The monoisotopic (exact) mass is 440 g/mol. The average molecular weight is 441 g/mol. The minimum Gasteiger partial charge on any atom is -0.459 e. The first-order chi connectivity index (χ1) is 15.0. The van der Waals surface area contributed by atoms with E-state index in [2.05, 4.69) is 5.32 Å². The minimum atomic E-state index is -1.10. The summed E-state index contributed by atoms with van der Waals surface area (Å²) in [5.41, 5.74) is 0.508. The number of hydrogen-bond donors (Lipinski definition) is 1. The molecule has 1 heterocycles. The molecule has 1 aliphatic rings. The van der Waals surface area contributed by atoms with Gasteiger partial charge in [-0.1, -0.05) is 48.7 Å². The second-order valence-electron chi connectivity index (χ2n) is 7.55. The van der Waals surface area contributed by atoms with Gasteiger partial charge in [-0.3, -0.25) is 14.5 Å². The Morgan fingerprint density at radius 3 is 2.39 bits per heavy atom. The average Bonchev–Trinajstić information content (AvgIpc) is 3.47. The summed E-state index contributed by atoms with van der Waals surface area (Å²) in [7, 11) is 0. The smallest absolute Gasteiger partial charge is 0.295 e. The van der Waals surface area contributed by atoms with Gasteiger partial charge in [0.25, 0.3) is 5.91 Å². The van der Waals surface area contributed by atoms with E-state index in [1.165, 1.54) is 30.5 Å². The SMILES string of the molecule is O=C(NC1CCCC1)[C@H](c1ccc(Cl)cc1)N(C(=O)c1ccco1)c1ccccc1F. The first-order valence-corrected chi connectivity index (χ1v) is 10.6.